The number of anilines is 1. The molecule has 0 fully saturated rings. The average Bonchev–Trinajstić information content (AvgIpc) is 3.21. The molecule has 7 nitrogen and oxygen atoms in total. The average molecular weight is 371 g/mol. The second-order valence-electron chi connectivity index (χ2n) is 5.46. The van der Waals surface area contributed by atoms with Crippen molar-refractivity contribution in [1.29, 1.82) is 0 Å². The van der Waals surface area contributed by atoms with Gasteiger partial charge < -0.3 is 5.73 Å². The highest BCUT2D eigenvalue weighted by atomic mass is 32.2. The van der Waals surface area contributed by atoms with Gasteiger partial charge in [0.05, 0.1) is 4.90 Å². The molecule has 0 radical (unpaired) electrons. The van der Waals surface area contributed by atoms with E-state index in [1.54, 1.807) is 35.7 Å². The third-order valence-corrected chi connectivity index (χ3v) is 6.14. The van der Waals surface area contributed by atoms with E-state index >= 15 is 0 Å². The van der Waals surface area contributed by atoms with Crippen molar-refractivity contribution in [3.8, 4) is 11.4 Å². The van der Waals surface area contributed by atoms with Crippen molar-refractivity contribution in [2.75, 3.05) is 5.73 Å². The van der Waals surface area contributed by atoms with Crippen molar-refractivity contribution < 1.29 is 8.42 Å². The molecule has 1 aromatic carbocycles. The molecule has 0 bridgehead atoms. The molecule has 0 atom stereocenters. The molecule has 3 aromatic heterocycles. The van der Waals surface area contributed by atoms with Crippen LogP contribution in [0.1, 0.15) is 5.56 Å². The minimum Gasteiger partial charge on any atom is -0.375 e. The third kappa shape index (κ3) is 2.57. The van der Waals surface area contributed by atoms with Crippen LogP contribution >= 0.6 is 11.3 Å². The molecule has 126 valence electrons. The summed E-state index contributed by atoms with van der Waals surface area (Å²) < 4.78 is 27.0. The number of rotatable bonds is 3. The van der Waals surface area contributed by atoms with Gasteiger partial charge in [0, 0.05) is 17.0 Å². The number of benzene rings is 1. The largest absolute Gasteiger partial charge is 0.375 e. The summed E-state index contributed by atoms with van der Waals surface area (Å²) >= 11 is 1.30. The van der Waals surface area contributed by atoms with Crippen molar-refractivity contribution in [1.82, 2.24) is 18.9 Å². The first kappa shape index (κ1) is 15.7. The van der Waals surface area contributed by atoms with Crippen LogP contribution in [0.5, 0.6) is 0 Å². The molecule has 0 unspecified atom stereocenters. The van der Waals surface area contributed by atoms with Crippen LogP contribution in [0.4, 0.5) is 5.13 Å². The molecule has 2 N–H and O–H groups in total. The lowest BCUT2D eigenvalue weighted by atomic mass is 10.2. The van der Waals surface area contributed by atoms with E-state index in [4.69, 9.17) is 5.73 Å². The lowest BCUT2D eigenvalue weighted by Gasteiger charge is -2.07. The molecule has 0 amide bonds. The number of thiazole rings is 1. The van der Waals surface area contributed by atoms with Crippen LogP contribution < -0.4 is 5.73 Å². The summed E-state index contributed by atoms with van der Waals surface area (Å²) in [5.74, 6) is 0. The van der Waals surface area contributed by atoms with Crippen LogP contribution in [-0.2, 0) is 10.0 Å². The van der Waals surface area contributed by atoms with Gasteiger partial charge in [0.15, 0.2) is 10.8 Å². The summed E-state index contributed by atoms with van der Waals surface area (Å²) in [6.45, 7) is 1.90. The quantitative estimate of drug-likeness (QED) is 0.594. The van der Waals surface area contributed by atoms with Crippen LogP contribution in [0.15, 0.2) is 53.1 Å². The van der Waals surface area contributed by atoms with Crippen LogP contribution in [0.25, 0.3) is 22.4 Å². The highest BCUT2D eigenvalue weighted by molar-refractivity contribution is 7.90. The minimum atomic E-state index is -3.75. The topological polar surface area (TPSA) is 104 Å². The molecule has 0 aliphatic carbocycles. The first-order valence-electron chi connectivity index (χ1n) is 7.32. The van der Waals surface area contributed by atoms with Crippen molar-refractivity contribution in [2.24, 2.45) is 0 Å². The standard InChI is InChI=1S/C16H13N5O2S2/c1-10-2-4-11(5-3-10)25(22,23)21-7-6-12-14(18-9-19-15(12)21)13-8-24-16(17)20-13/h2-9H,1H3,(H2,17,20). The Kier molecular flexibility index (Phi) is 3.55. The van der Waals surface area contributed by atoms with E-state index in [1.807, 2.05) is 6.92 Å². The van der Waals surface area contributed by atoms with Gasteiger partial charge in [-0.2, -0.15) is 0 Å². The first-order chi connectivity index (χ1) is 12.0. The van der Waals surface area contributed by atoms with Gasteiger partial charge in [-0.05, 0) is 25.1 Å². The molecular formula is C16H13N5O2S2. The smallest absolute Gasteiger partial charge is 0.269 e. The molecule has 0 saturated carbocycles. The Bertz CT molecular complexity index is 1180. The van der Waals surface area contributed by atoms with E-state index in [0.29, 0.717) is 27.6 Å². The Labute approximate surface area is 147 Å². The summed E-state index contributed by atoms with van der Waals surface area (Å²) in [5, 5.41) is 2.81. The zero-order valence-electron chi connectivity index (χ0n) is 13.1. The Morgan fingerprint density at radius 3 is 2.56 bits per heavy atom. The maximum Gasteiger partial charge on any atom is 0.269 e. The fourth-order valence-electron chi connectivity index (χ4n) is 2.55. The van der Waals surface area contributed by atoms with E-state index in [1.165, 1.54) is 23.9 Å². The Hall–Kier alpha value is -2.78. The van der Waals surface area contributed by atoms with E-state index in [9.17, 15) is 8.42 Å². The number of hydrogen-bond donors (Lipinski definition) is 1. The van der Waals surface area contributed by atoms with Gasteiger partial charge in [-0.25, -0.2) is 27.3 Å². The van der Waals surface area contributed by atoms with Gasteiger partial charge in [-0.1, -0.05) is 17.7 Å². The first-order valence-corrected chi connectivity index (χ1v) is 9.64. The summed E-state index contributed by atoms with van der Waals surface area (Å²) in [5.41, 5.74) is 8.13. The maximum absolute atomic E-state index is 12.9. The number of aromatic nitrogens is 4. The molecule has 3 heterocycles. The van der Waals surface area contributed by atoms with Crippen LogP contribution in [0, 0.1) is 6.92 Å². The number of aryl methyl sites for hydroxylation is 1. The van der Waals surface area contributed by atoms with E-state index < -0.39 is 10.0 Å². The van der Waals surface area contributed by atoms with Gasteiger partial charge in [0.1, 0.15) is 17.7 Å². The highest BCUT2D eigenvalue weighted by Crippen LogP contribution is 2.29. The molecule has 4 rings (SSSR count). The van der Waals surface area contributed by atoms with Gasteiger partial charge in [0.25, 0.3) is 10.0 Å². The van der Waals surface area contributed by atoms with E-state index in [0.717, 1.165) is 9.54 Å². The Morgan fingerprint density at radius 1 is 1.12 bits per heavy atom. The van der Waals surface area contributed by atoms with Gasteiger partial charge >= 0.3 is 0 Å². The normalized spacial score (nSPS) is 11.9. The third-order valence-electron chi connectivity index (χ3n) is 3.79. The predicted molar refractivity (Wildman–Crippen MR) is 96.8 cm³/mol. The van der Waals surface area contributed by atoms with Gasteiger partial charge in [-0.3, -0.25) is 0 Å². The van der Waals surface area contributed by atoms with Crippen LogP contribution in [0.3, 0.4) is 0 Å². The van der Waals surface area contributed by atoms with E-state index in [-0.39, 0.29) is 4.90 Å². The molecule has 25 heavy (non-hydrogen) atoms. The molecule has 9 heteroatoms. The SMILES string of the molecule is Cc1ccc(S(=O)(=O)n2ccc3c(-c4csc(N)n4)ncnc32)cc1. The monoisotopic (exact) mass is 371 g/mol. The highest BCUT2D eigenvalue weighted by Gasteiger charge is 2.21. The van der Waals surface area contributed by atoms with Crippen molar-refractivity contribution in [3.05, 3.63) is 53.8 Å². The Balaban J connectivity index is 1.91. The summed E-state index contributed by atoms with van der Waals surface area (Å²) in [4.78, 5) is 12.8. The van der Waals surface area contributed by atoms with Crippen molar-refractivity contribution in [3.63, 3.8) is 0 Å². The molecule has 0 aliphatic rings. The molecular weight excluding hydrogens is 358 g/mol. The lowest BCUT2D eigenvalue weighted by Crippen LogP contribution is -2.12. The predicted octanol–water partition coefficient (Wildman–Crippen LogP) is 2.68. The maximum atomic E-state index is 12.9. The van der Waals surface area contributed by atoms with Crippen LogP contribution in [-0.4, -0.2) is 27.3 Å². The van der Waals surface area contributed by atoms with E-state index in [2.05, 4.69) is 15.0 Å². The summed E-state index contributed by atoms with van der Waals surface area (Å²) in [7, 11) is -3.75. The lowest BCUT2D eigenvalue weighted by molar-refractivity contribution is 0.588. The zero-order chi connectivity index (χ0) is 17.6. The molecule has 0 spiro atoms. The number of nitrogens with zero attached hydrogens (tertiary/aromatic N) is 4. The minimum absolute atomic E-state index is 0.202. The fraction of sp³-hybridized carbons (Fsp3) is 0.0625. The second kappa shape index (κ2) is 5.64. The number of hydrogen-bond acceptors (Lipinski definition) is 7. The Morgan fingerprint density at radius 2 is 1.88 bits per heavy atom. The molecule has 0 saturated heterocycles. The molecule has 4 aromatic rings. The van der Waals surface area contributed by atoms with Crippen molar-refractivity contribution >= 4 is 37.5 Å². The van der Waals surface area contributed by atoms with Crippen LogP contribution in [0.2, 0.25) is 0 Å². The number of fused-ring (bicyclic) bond motifs is 1. The second-order valence-corrected chi connectivity index (χ2v) is 8.16. The number of nitrogens with two attached hydrogens (primary N) is 1. The zero-order valence-corrected chi connectivity index (χ0v) is 14.8. The summed E-state index contributed by atoms with van der Waals surface area (Å²) in [6, 6.07) is 8.36. The summed E-state index contributed by atoms with van der Waals surface area (Å²) in [6.07, 6.45) is 2.81. The fourth-order valence-corrected chi connectivity index (χ4v) is 4.40. The van der Waals surface area contributed by atoms with Crippen molar-refractivity contribution in [2.45, 2.75) is 11.8 Å². The molecule has 0 aliphatic heterocycles. The van der Waals surface area contributed by atoms with Gasteiger partial charge in [0.2, 0.25) is 0 Å². The number of nitrogen functional groups attached to an aromatic ring is 1. The van der Waals surface area contributed by atoms with Gasteiger partial charge in [-0.15, -0.1) is 11.3 Å².